The van der Waals surface area contributed by atoms with Crippen molar-refractivity contribution in [2.75, 3.05) is 10.8 Å². The minimum atomic E-state index is -4.09. The van der Waals surface area contributed by atoms with Crippen molar-refractivity contribution < 1.29 is 22.3 Å². The van der Waals surface area contributed by atoms with Crippen molar-refractivity contribution in [1.29, 1.82) is 0 Å². The van der Waals surface area contributed by atoms with Gasteiger partial charge >= 0.3 is 0 Å². The number of anilines is 1. The SMILES string of the molecule is Cc1ccc(S(=O)(=O)N(CC(=O)N/N=C\c2ccc(OC(C)C)cc2)c2ccc(F)cc2)cc1. The Bertz CT molecular complexity index is 1240. The zero-order valence-corrected chi connectivity index (χ0v) is 19.9. The molecule has 3 aromatic rings. The third-order valence-corrected chi connectivity index (χ3v) is 6.45. The second-order valence-electron chi connectivity index (χ2n) is 7.83. The molecule has 0 fully saturated rings. The number of amides is 1. The van der Waals surface area contributed by atoms with Crippen LogP contribution in [-0.4, -0.2) is 33.2 Å². The van der Waals surface area contributed by atoms with E-state index in [1.54, 1.807) is 36.4 Å². The molecule has 1 amide bonds. The maximum absolute atomic E-state index is 13.4. The molecule has 3 aromatic carbocycles. The number of rotatable bonds is 9. The number of carbonyl (C=O) groups is 1. The highest BCUT2D eigenvalue weighted by Crippen LogP contribution is 2.24. The first-order chi connectivity index (χ1) is 16.1. The number of hydrogen-bond donors (Lipinski definition) is 1. The lowest BCUT2D eigenvalue weighted by atomic mass is 10.2. The number of halogens is 1. The second-order valence-corrected chi connectivity index (χ2v) is 9.69. The van der Waals surface area contributed by atoms with Gasteiger partial charge in [-0.2, -0.15) is 5.10 Å². The molecule has 1 N–H and O–H groups in total. The summed E-state index contributed by atoms with van der Waals surface area (Å²) in [4.78, 5) is 12.6. The molecular weight excluding hydrogens is 457 g/mol. The smallest absolute Gasteiger partial charge is 0.264 e. The molecule has 0 aliphatic heterocycles. The summed E-state index contributed by atoms with van der Waals surface area (Å²) in [5, 5.41) is 3.91. The van der Waals surface area contributed by atoms with Gasteiger partial charge in [0, 0.05) is 0 Å². The number of carbonyl (C=O) groups excluding carboxylic acids is 1. The third kappa shape index (κ3) is 6.64. The summed E-state index contributed by atoms with van der Waals surface area (Å²) in [6.07, 6.45) is 1.49. The van der Waals surface area contributed by atoms with Crippen molar-refractivity contribution in [3.63, 3.8) is 0 Å². The largest absolute Gasteiger partial charge is 0.491 e. The topological polar surface area (TPSA) is 88.1 Å². The van der Waals surface area contributed by atoms with E-state index >= 15 is 0 Å². The van der Waals surface area contributed by atoms with Crippen LogP contribution in [0.25, 0.3) is 0 Å². The molecule has 9 heteroatoms. The minimum Gasteiger partial charge on any atom is -0.491 e. The summed E-state index contributed by atoms with van der Waals surface area (Å²) >= 11 is 0. The first-order valence-corrected chi connectivity index (χ1v) is 12.0. The Morgan fingerprint density at radius 2 is 1.65 bits per heavy atom. The fourth-order valence-electron chi connectivity index (χ4n) is 3.01. The molecule has 0 aliphatic rings. The van der Waals surface area contributed by atoms with Crippen LogP contribution in [0.3, 0.4) is 0 Å². The highest BCUT2D eigenvalue weighted by atomic mass is 32.2. The van der Waals surface area contributed by atoms with Crippen LogP contribution in [0, 0.1) is 12.7 Å². The van der Waals surface area contributed by atoms with Crippen molar-refractivity contribution in [3.05, 3.63) is 89.7 Å². The van der Waals surface area contributed by atoms with Gasteiger partial charge in [0.2, 0.25) is 0 Å². The summed E-state index contributed by atoms with van der Waals surface area (Å²) in [7, 11) is -4.09. The molecule has 0 saturated heterocycles. The fourth-order valence-corrected chi connectivity index (χ4v) is 4.43. The third-order valence-electron chi connectivity index (χ3n) is 4.67. The average molecular weight is 484 g/mol. The minimum absolute atomic E-state index is 0.0161. The van der Waals surface area contributed by atoms with Crippen LogP contribution in [0.4, 0.5) is 10.1 Å². The number of sulfonamides is 1. The summed E-state index contributed by atoms with van der Waals surface area (Å²) in [6, 6.07) is 18.3. The highest BCUT2D eigenvalue weighted by molar-refractivity contribution is 7.92. The van der Waals surface area contributed by atoms with Crippen LogP contribution in [0.5, 0.6) is 5.75 Å². The van der Waals surface area contributed by atoms with E-state index < -0.39 is 28.3 Å². The molecule has 7 nitrogen and oxygen atoms in total. The molecule has 0 aromatic heterocycles. The number of aryl methyl sites for hydroxylation is 1. The lowest BCUT2D eigenvalue weighted by Crippen LogP contribution is -2.39. The van der Waals surface area contributed by atoms with Crippen LogP contribution < -0.4 is 14.5 Å². The molecule has 3 rings (SSSR count). The molecule has 0 unspecified atom stereocenters. The number of nitrogens with one attached hydrogen (secondary N) is 1. The summed E-state index contributed by atoms with van der Waals surface area (Å²) in [5.41, 5.74) is 4.11. The zero-order chi connectivity index (χ0) is 24.7. The van der Waals surface area contributed by atoms with Gasteiger partial charge < -0.3 is 4.74 Å². The van der Waals surface area contributed by atoms with Crippen molar-refractivity contribution in [1.82, 2.24) is 5.43 Å². The Labute approximate surface area is 198 Å². The van der Waals surface area contributed by atoms with Gasteiger partial charge in [-0.3, -0.25) is 9.10 Å². The molecule has 178 valence electrons. The van der Waals surface area contributed by atoms with Crippen LogP contribution in [0.2, 0.25) is 0 Å². The molecule has 0 heterocycles. The van der Waals surface area contributed by atoms with E-state index in [0.717, 1.165) is 27.6 Å². The Hall–Kier alpha value is -3.72. The number of hydrogen-bond acceptors (Lipinski definition) is 5. The lowest BCUT2D eigenvalue weighted by Gasteiger charge is -2.23. The maximum Gasteiger partial charge on any atom is 0.264 e. The Morgan fingerprint density at radius 3 is 2.24 bits per heavy atom. The first kappa shape index (κ1) is 24.9. The number of nitrogens with zero attached hydrogens (tertiary/aromatic N) is 2. The van der Waals surface area contributed by atoms with Crippen molar-refractivity contribution in [3.8, 4) is 5.75 Å². The maximum atomic E-state index is 13.4. The summed E-state index contributed by atoms with van der Waals surface area (Å²) < 4.78 is 46.5. The van der Waals surface area contributed by atoms with E-state index in [0.29, 0.717) is 5.75 Å². The monoisotopic (exact) mass is 483 g/mol. The van der Waals surface area contributed by atoms with E-state index in [2.05, 4.69) is 10.5 Å². The predicted molar refractivity (Wildman–Crippen MR) is 130 cm³/mol. The second kappa shape index (κ2) is 10.9. The molecular formula is C25H26FN3O4S. The van der Waals surface area contributed by atoms with Crippen LogP contribution in [0.1, 0.15) is 25.0 Å². The molecule has 0 aliphatic carbocycles. The normalized spacial score (nSPS) is 11.6. The lowest BCUT2D eigenvalue weighted by molar-refractivity contribution is -0.119. The standard InChI is InChI=1S/C25H26FN3O4S/c1-18(2)33-23-12-6-20(7-13-23)16-27-28-25(30)17-29(22-10-8-21(26)9-11-22)34(31,32)24-14-4-19(3)5-15-24/h4-16,18H,17H2,1-3H3,(H,28,30)/b27-16-. The molecule has 0 atom stereocenters. The van der Waals surface area contributed by atoms with Gasteiger partial charge in [0.25, 0.3) is 15.9 Å². The molecule has 0 bridgehead atoms. The Morgan fingerprint density at radius 1 is 1.03 bits per heavy atom. The Balaban J connectivity index is 1.75. The average Bonchev–Trinajstić information content (AvgIpc) is 2.79. The number of benzene rings is 3. The van der Waals surface area contributed by atoms with E-state index in [4.69, 9.17) is 4.74 Å². The van der Waals surface area contributed by atoms with Gasteiger partial charge in [-0.1, -0.05) is 17.7 Å². The van der Waals surface area contributed by atoms with Crippen molar-refractivity contribution in [2.24, 2.45) is 5.10 Å². The quantitative estimate of drug-likeness (QED) is 0.364. The van der Waals surface area contributed by atoms with Gasteiger partial charge in [0.1, 0.15) is 18.1 Å². The molecule has 0 spiro atoms. The van der Waals surface area contributed by atoms with E-state index in [1.807, 2.05) is 20.8 Å². The van der Waals surface area contributed by atoms with Gasteiger partial charge in [-0.25, -0.2) is 18.2 Å². The molecule has 0 saturated carbocycles. The summed E-state index contributed by atoms with van der Waals surface area (Å²) in [5.74, 6) is -0.459. The van der Waals surface area contributed by atoms with E-state index in [1.165, 1.54) is 30.5 Å². The van der Waals surface area contributed by atoms with Crippen LogP contribution in [-0.2, 0) is 14.8 Å². The summed E-state index contributed by atoms with van der Waals surface area (Å²) in [6.45, 7) is 5.16. The van der Waals surface area contributed by atoms with Gasteiger partial charge in [-0.05, 0) is 87.0 Å². The van der Waals surface area contributed by atoms with Crippen molar-refractivity contribution >= 4 is 27.8 Å². The van der Waals surface area contributed by atoms with Gasteiger partial charge in [0.15, 0.2) is 0 Å². The van der Waals surface area contributed by atoms with E-state index in [-0.39, 0.29) is 16.7 Å². The fraction of sp³-hybridized carbons (Fsp3) is 0.200. The number of hydrazone groups is 1. The van der Waals surface area contributed by atoms with E-state index in [9.17, 15) is 17.6 Å². The predicted octanol–water partition coefficient (Wildman–Crippen LogP) is 4.27. The van der Waals surface area contributed by atoms with Crippen LogP contribution in [0.15, 0.2) is 82.8 Å². The highest BCUT2D eigenvalue weighted by Gasteiger charge is 2.27. The number of ether oxygens (including phenoxy) is 1. The first-order valence-electron chi connectivity index (χ1n) is 10.6. The van der Waals surface area contributed by atoms with Crippen molar-refractivity contribution in [2.45, 2.75) is 31.8 Å². The Kier molecular flexibility index (Phi) is 8.01. The van der Waals surface area contributed by atoms with Crippen LogP contribution >= 0.6 is 0 Å². The van der Waals surface area contributed by atoms with Gasteiger partial charge in [0.05, 0.1) is 22.9 Å². The van der Waals surface area contributed by atoms with Gasteiger partial charge in [-0.15, -0.1) is 0 Å². The molecule has 0 radical (unpaired) electrons. The molecule has 34 heavy (non-hydrogen) atoms. The zero-order valence-electron chi connectivity index (χ0n) is 19.1.